The fourth-order valence-corrected chi connectivity index (χ4v) is 7.37. The molecule has 11 nitrogen and oxygen atoms in total. The first-order valence-electron chi connectivity index (χ1n) is 15.2. The van der Waals surface area contributed by atoms with Crippen molar-refractivity contribution in [1.29, 1.82) is 0 Å². The number of fused-ring (bicyclic) bond motifs is 1. The fraction of sp³-hybridized carbons (Fsp3) is 0.600. The second kappa shape index (κ2) is 11.7. The molecule has 0 bridgehead atoms. The van der Waals surface area contributed by atoms with Gasteiger partial charge in [0.15, 0.2) is 5.69 Å². The monoisotopic (exact) mass is 598 g/mol. The van der Waals surface area contributed by atoms with E-state index in [2.05, 4.69) is 27.3 Å². The number of rotatable bonds is 7. The maximum absolute atomic E-state index is 13.3. The summed E-state index contributed by atoms with van der Waals surface area (Å²) in [5.41, 5.74) is 7.72. The summed E-state index contributed by atoms with van der Waals surface area (Å²) in [6.07, 6.45) is 5.26. The average Bonchev–Trinajstić information content (AvgIpc) is 3.51. The van der Waals surface area contributed by atoms with Crippen LogP contribution in [0.5, 0.6) is 0 Å². The molecule has 2 aliphatic heterocycles. The number of carbonyl (C=O) groups is 2. The second-order valence-electron chi connectivity index (χ2n) is 12.4. The second-order valence-corrected chi connectivity index (χ2v) is 12.4. The average molecular weight is 599 g/mol. The molecular formula is C30H40F2N8O3. The Kier molecular flexibility index (Phi) is 8.01. The highest BCUT2D eigenvalue weighted by molar-refractivity contribution is 6.00. The summed E-state index contributed by atoms with van der Waals surface area (Å²) in [4.78, 5) is 42.4. The minimum absolute atomic E-state index is 0.0635. The maximum atomic E-state index is 13.3. The topological polar surface area (TPSA) is 123 Å². The summed E-state index contributed by atoms with van der Waals surface area (Å²) >= 11 is 0. The number of imidazole rings is 1. The van der Waals surface area contributed by atoms with Crippen molar-refractivity contribution in [3.05, 3.63) is 40.6 Å². The highest BCUT2D eigenvalue weighted by Crippen LogP contribution is 2.36. The zero-order chi connectivity index (χ0) is 30.4. The molecule has 1 aliphatic carbocycles. The third kappa shape index (κ3) is 5.54. The molecule has 0 radical (unpaired) electrons. The van der Waals surface area contributed by atoms with Crippen LogP contribution in [0.1, 0.15) is 75.6 Å². The van der Waals surface area contributed by atoms with Crippen molar-refractivity contribution in [3.63, 3.8) is 0 Å². The van der Waals surface area contributed by atoms with E-state index in [1.807, 2.05) is 18.2 Å². The fourth-order valence-electron chi connectivity index (χ4n) is 7.37. The third-order valence-electron chi connectivity index (χ3n) is 9.77. The lowest BCUT2D eigenvalue weighted by atomic mass is 9.85. The predicted octanol–water partition coefficient (Wildman–Crippen LogP) is 3.37. The van der Waals surface area contributed by atoms with Crippen molar-refractivity contribution in [2.75, 3.05) is 37.3 Å². The highest BCUT2D eigenvalue weighted by Gasteiger charge is 2.33. The zero-order valence-corrected chi connectivity index (χ0v) is 24.7. The number of aryl methyl sites for hydroxylation is 1. The van der Waals surface area contributed by atoms with Crippen LogP contribution in [-0.4, -0.2) is 68.4 Å². The van der Waals surface area contributed by atoms with Gasteiger partial charge in [-0.15, -0.1) is 0 Å². The number of nitrogens with zero attached hydrogens (tertiary/aromatic N) is 6. The molecule has 3 fully saturated rings. The van der Waals surface area contributed by atoms with Crippen LogP contribution in [0, 0.1) is 5.92 Å². The van der Waals surface area contributed by atoms with Gasteiger partial charge in [0, 0.05) is 45.3 Å². The Bertz CT molecular complexity index is 1560. The van der Waals surface area contributed by atoms with E-state index in [0.29, 0.717) is 23.9 Å². The van der Waals surface area contributed by atoms with E-state index < -0.39 is 18.4 Å². The molecule has 3 N–H and O–H groups in total. The molecule has 3 aromatic rings. The molecule has 2 saturated heterocycles. The van der Waals surface area contributed by atoms with E-state index in [-0.39, 0.29) is 35.4 Å². The van der Waals surface area contributed by atoms with Crippen LogP contribution in [0.15, 0.2) is 29.2 Å². The number of benzene rings is 1. The first kappa shape index (κ1) is 29.3. The van der Waals surface area contributed by atoms with Crippen molar-refractivity contribution in [1.82, 2.24) is 29.1 Å². The molecule has 1 atom stereocenters. The highest BCUT2D eigenvalue weighted by atomic mass is 19.3. The van der Waals surface area contributed by atoms with Gasteiger partial charge < -0.3 is 15.5 Å². The lowest BCUT2D eigenvalue weighted by molar-refractivity contribution is -0.135. The summed E-state index contributed by atoms with van der Waals surface area (Å²) in [6.45, 7) is 2.71. The molecule has 1 saturated carbocycles. The van der Waals surface area contributed by atoms with Gasteiger partial charge in [0.05, 0.1) is 28.5 Å². The number of aromatic nitrogens is 4. The van der Waals surface area contributed by atoms with Crippen LogP contribution in [-0.2, 0) is 16.6 Å². The Balaban J connectivity index is 1.07. The normalized spacial score (nSPS) is 24.0. The van der Waals surface area contributed by atoms with Crippen LogP contribution in [0.3, 0.4) is 0 Å². The number of para-hydroxylation sites is 1. The van der Waals surface area contributed by atoms with Crippen LogP contribution in [0.2, 0.25) is 0 Å². The van der Waals surface area contributed by atoms with Crippen molar-refractivity contribution < 1.29 is 18.4 Å². The third-order valence-corrected chi connectivity index (χ3v) is 9.77. The van der Waals surface area contributed by atoms with Crippen molar-refractivity contribution >= 4 is 34.2 Å². The van der Waals surface area contributed by atoms with Gasteiger partial charge in [0.1, 0.15) is 6.04 Å². The number of alkyl halides is 2. The first-order valence-corrected chi connectivity index (χ1v) is 15.2. The molecule has 1 unspecified atom stereocenters. The number of hydrogen-bond donors (Lipinski definition) is 2. The van der Waals surface area contributed by atoms with Gasteiger partial charge in [0.25, 0.3) is 6.43 Å². The Morgan fingerprint density at radius 3 is 2.44 bits per heavy atom. The number of amides is 2. The van der Waals surface area contributed by atoms with Gasteiger partial charge in [0.2, 0.25) is 11.8 Å². The van der Waals surface area contributed by atoms with E-state index >= 15 is 0 Å². The minimum atomic E-state index is -2.66. The van der Waals surface area contributed by atoms with Crippen LogP contribution < -0.4 is 21.6 Å². The van der Waals surface area contributed by atoms with Gasteiger partial charge >= 0.3 is 5.69 Å². The Hall–Kier alpha value is -3.74. The number of imide groups is 1. The van der Waals surface area contributed by atoms with Crippen LogP contribution in [0.25, 0.3) is 11.0 Å². The van der Waals surface area contributed by atoms with Gasteiger partial charge in [-0.25, -0.2) is 13.6 Å². The number of carbonyl (C=O) groups excluding carboxylic acids is 2. The number of nitrogens with one attached hydrogen (secondary N) is 1. The molecule has 2 aromatic heterocycles. The number of halogens is 2. The Morgan fingerprint density at radius 2 is 1.79 bits per heavy atom. The molecule has 0 spiro atoms. The molecule has 43 heavy (non-hydrogen) atoms. The van der Waals surface area contributed by atoms with Gasteiger partial charge in [-0.2, -0.15) is 5.10 Å². The smallest absolute Gasteiger partial charge is 0.329 e. The standard InChI is InChI=1S/C30H40F2N8O3/c1-36(16-18-6-8-20(9-7-18)39-17-21(33)26(35-39)28(31)32)19-12-14-38(15-13-19)22-4-3-5-23-27(22)37(2)30(43)40(23)24-10-11-25(41)34-29(24)42/h3-5,17-20,24,28H,6-16,33H2,1-2H3,(H,34,41,42)/t18-,20-,24?. The molecular weight excluding hydrogens is 558 g/mol. The van der Waals surface area contributed by atoms with Crippen LogP contribution in [0.4, 0.5) is 20.2 Å². The van der Waals surface area contributed by atoms with Gasteiger partial charge in [-0.05, 0) is 70.0 Å². The van der Waals surface area contributed by atoms with E-state index in [9.17, 15) is 23.2 Å². The molecule has 2 amide bonds. The SMILES string of the molecule is CN(C[C@H]1CC[C@H](n2cc(N)c(C(F)F)n2)CC1)C1CCN(c2cccc3c2n(C)c(=O)n3C2CCC(=O)NC2=O)CC1. The summed E-state index contributed by atoms with van der Waals surface area (Å²) in [5.74, 6) is -0.182. The molecule has 6 rings (SSSR count). The Morgan fingerprint density at radius 1 is 1.07 bits per heavy atom. The summed E-state index contributed by atoms with van der Waals surface area (Å²) in [6, 6.07) is 5.70. The van der Waals surface area contributed by atoms with Crippen LogP contribution >= 0.6 is 0 Å². The molecule has 13 heteroatoms. The zero-order valence-electron chi connectivity index (χ0n) is 24.7. The molecule has 4 heterocycles. The number of anilines is 2. The summed E-state index contributed by atoms with van der Waals surface area (Å²) < 4.78 is 31.0. The van der Waals surface area contributed by atoms with E-state index in [1.165, 1.54) is 4.57 Å². The largest absolute Gasteiger partial charge is 0.396 e. The van der Waals surface area contributed by atoms with E-state index in [1.54, 1.807) is 22.5 Å². The Labute approximate surface area is 248 Å². The molecule has 1 aromatic carbocycles. The quantitative estimate of drug-likeness (QED) is 0.400. The van der Waals surface area contributed by atoms with Gasteiger partial charge in [-0.1, -0.05) is 6.07 Å². The number of nitrogen functional groups attached to an aromatic ring is 1. The maximum Gasteiger partial charge on any atom is 0.329 e. The number of hydrogen-bond acceptors (Lipinski definition) is 7. The predicted molar refractivity (Wildman–Crippen MR) is 159 cm³/mol. The minimum Gasteiger partial charge on any atom is -0.396 e. The number of piperidine rings is 2. The molecule has 3 aliphatic rings. The van der Waals surface area contributed by atoms with Crippen molar-refractivity contribution in [3.8, 4) is 0 Å². The van der Waals surface area contributed by atoms with E-state index in [0.717, 1.165) is 69.4 Å². The van der Waals surface area contributed by atoms with Crippen molar-refractivity contribution in [2.45, 2.75) is 75.9 Å². The lowest BCUT2D eigenvalue weighted by Gasteiger charge is -2.40. The van der Waals surface area contributed by atoms with Crippen molar-refractivity contribution in [2.24, 2.45) is 13.0 Å². The molecule has 232 valence electrons. The first-order chi connectivity index (χ1) is 20.6. The lowest BCUT2D eigenvalue weighted by Crippen LogP contribution is -2.45. The van der Waals surface area contributed by atoms with E-state index in [4.69, 9.17) is 5.73 Å². The summed E-state index contributed by atoms with van der Waals surface area (Å²) in [7, 11) is 3.94. The number of nitrogens with two attached hydrogens (primary N) is 1. The summed E-state index contributed by atoms with van der Waals surface area (Å²) in [5, 5.41) is 6.43. The van der Waals surface area contributed by atoms with Gasteiger partial charge in [-0.3, -0.25) is 28.7 Å².